The van der Waals surface area contributed by atoms with Gasteiger partial charge < -0.3 is 0 Å². The highest BCUT2D eigenvalue weighted by molar-refractivity contribution is 7.09. The van der Waals surface area contributed by atoms with Crippen molar-refractivity contribution in [1.82, 2.24) is 14.5 Å². The fraction of sp³-hybridized carbons (Fsp3) is 0.125. The van der Waals surface area contributed by atoms with E-state index in [1.165, 1.54) is 22.2 Å². The molecule has 0 N–H and O–H groups in total. The van der Waals surface area contributed by atoms with Gasteiger partial charge in [0.25, 0.3) is 5.91 Å². The van der Waals surface area contributed by atoms with E-state index in [9.17, 15) is 4.79 Å². The fourth-order valence-electron chi connectivity index (χ4n) is 0.973. The molecule has 4 nitrogen and oxygen atoms in total. The van der Waals surface area contributed by atoms with E-state index >= 15 is 0 Å². The molecular formula is C8H7N3OS. The van der Waals surface area contributed by atoms with Crippen LogP contribution in [0.4, 0.5) is 0 Å². The molecule has 0 aliphatic carbocycles. The zero-order valence-corrected chi connectivity index (χ0v) is 7.78. The number of aromatic nitrogens is 3. The lowest BCUT2D eigenvalue weighted by atomic mass is 10.4. The quantitative estimate of drug-likeness (QED) is 0.686. The van der Waals surface area contributed by atoms with Crippen LogP contribution in [0.3, 0.4) is 0 Å². The lowest BCUT2D eigenvalue weighted by molar-refractivity contribution is 0.0955. The second kappa shape index (κ2) is 3.10. The van der Waals surface area contributed by atoms with Crippen molar-refractivity contribution in [3.05, 3.63) is 34.8 Å². The third kappa shape index (κ3) is 1.50. The monoisotopic (exact) mass is 193 g/mol. The number of hydrogen-bond acceptors (Lipinski definition) is 4. The van der Waals surface area contributed by atoms with Crippen LogP contribution in [0.5, 0.6) is 0 Å². The Kier molecular flexibility index (Phi) is 1.94. The molecular weight excluding hydrogens is 186 g/mol. The Morgan fingerprint density at radius 3 is 3.00 bits per heavy atom. The number of thiazole rings is 1. The predicted molar refractivity (Wildman–Crippen MR) is 48.8 cm³/mol. The Balaban J connectivity index is 2.33. The molecule has 0 fully saturated rings. The summed E-state index contributed by atoms with van der Waals surface area (Å²) in [5.41, 5.74) is 0.473. The fourth-order valence-corrected chi connectivity index (χ4v) is 1.56. The number of rotatable bonds is 1. The second-order valence-corrected chi connectivity index (χ2v) is 3.59. The van der Waals surface area contributed by atoms with Gasteiger partial charge in [0.1, 0.15) is 12.0 Å². The Morgan fingerprint density at radius 1 is 1.62 bits per heavy atom. The van der Waals surface area contributed by atoms with Crippen LogP contribution in [0, 0.1) is 6.92 Å². The summed E-state index contributed by atoms with van der Waals surface area (Å²) < 4.78 is 1.41. The van der Waals surface area contributed by atoms with E-state index < -0.39 is 0 Å². The SMILES string of the molecule is Cc1nc(C(=O)n2ccnc2)cs1. The van der Waals surface area contributed by atoms with Gasteiger partial charge in [0.2, 0.25) is 0 Å². The van der Waals surface area contributed by atoms with Gasteiger partial charge in [-0.3, -0.25) is 9.36 Å². The Bertz CT molecular complexity index is 418. The van der Waals surface area contributed by atoms with Gasteiger partial charge in [0.15, 0.2) is 0 Å². The minimum atomic E-state index is -0.137. The summed E-state index contributed by atoms with van der Waals surface area (Å²) in [5, 5.41) is 2.64. The number of hydrogen-bond donors (Lipinski definition) is 0. The minimum absolute atomic E-state index is 0.137. The Labute approximate surface area is 78.9 Å². The first kappa shape index (κ1) is 8.12. The summed E-state index contributed by atoms with van der Waals surface area (Å²) >= 11 is 1.46. The number of nitrogens with zero attached hydrogens (tertiary/aromatic N) is 3. The highest BCUT2D eigenvalue weighted by Gasteiger charge is 2.10. The molecule has 0 spiro atoms. The molecule has 5 heteroatoms. The largest absolute Gasteiger partial charge is 0.282 e. The van der Waals surface area contributed by atoms with Gasteiger partial charge in [-0.15, -0.1) is 11.3 Å². The van der Waals surface area contributed by atoms with Crippen LogP contribution >= 0.6 is 11.3 Å². The molecule has 0 amide bonds. The van der Waals surface area contributed by atoms with Gasteiger partial charge >= 0.3 is 0 Å². The van der Waals surface area contributed by atoms with E-state index in [0.717, 1.165) is 5.01 Å². The summed E-state index contributed by atoms with van der Waals surface area (Å²) in [6.07, 6.45) is 4.64. The summed E-state index contributed by atoms with van der Waals surface area (Å²) in [4.78, 5) is 19.5. The Morgan fingerprint density at radius 2 is 2.46 bits per heavy atom. The maximum Gasteiger partial charge on any atom is 0.282 e. The average Bonchev–Trinajstić information content (AvgIpc) is 2.72. The van der Waals surface area contributed by atoms with E-state index in [0.29, 0.717) is 5.69 Å². The molecule has 0 aliphatic heterocycles. The number of carbonyl (C=O) groups is 1. The van der Waals surface area contributed by atoms with Crippen molar-refractivity contribution in [1.29, 1.82) is 0 Å². The molecule has 0 saturated heterocycles. The van der Waals surface area contributed by atoms with Crippen molar-refractivity contribution < 1.29 is 4.79 Å². The number of carbonyl (C=O) groups excluding carboxylic acids is 1. The molecule has 0 radical (unpaired) electrons. The van der Waals surface area contributed by atoms with Gasteiger partial charge in [0, 0.05) is 17.8 Å². The number of imidazole rings is 1. The van der Waals surface area contributed by atoms with Gasteiger partial charge in [-0.05, 0) is 6.92 Å². The van der Waals surface area contributed by atoms with Crippen molar-refractivity contribution >= 4 is 17.2 Å². The average molecular weight is 193 g/mol. The van der Waals surface area contributed by atoms with Crippen LogP contribution in [0.25, 0.3) is 0 Å². The molecule has 0 bridgehead atoms. The second-order valence-electron chi connectivity index (χ2n) is 2.53. The molecule has 2 heterocycles. The zero-order valence-electron chi connectivity index (χ0n) is 6.97. The third-order valence-electron chi connectivity index (χ3n) is 1.58. The van der Waals surface area contributed by atoms with E-state index in [1.807, 2.05) is 6.92 Å². The van der Waals surface area contributed by atoms with Gasteiger partial charge in [-0.1, -0.05) is 0 Å². The van der Waals surface area contributed by atoms with E-state index in [4.69, 9.17) is 0 Å². The van der Waals surface area contributed by atoms with Gasteiger partial charge in [-0.2, -0.15) is 0 Å². The van der Waals surface area contributed by atoms with Crippen LogP contribution in [0.1, 0.15) is 15.5 Å². The van der Waals surface area contributed by atoms with Crippen molar-refractivity contribution in [2.24, 2.45) is 0 Å². The van der Waals surface area contributed by atoms with Gasteiger partial charge in [-0.25, -0.2) is 9.97 Å². The van der Waals surface area contributed by atoms with Crippen LogP contribution in [-0.2, 0) is 0 Å². The summed E-state index contributed by atoms with van der Waals surface area (Å²) in [7, 11) is 0. The van der Waals surface area contributed by atoms with Crippen molar-refractivity contribution in [3.63, 3.8) is 0 Å². The Hall–Kier alpha value is -1.49. The smallest absolute Gasteiger partial charge is 0.271 e. The molecule has 2 rings (SSSR count). The highest BCUT2D eigenvalue weighted by atomic mass is 32.1. The van der Waals surface area contributed by atoms with Crippen LogP contribution in [-0.4, -0.2) is 20.4 Å². The minimum Gasteiger partial charge on any atom is -0.271 e. The molecule has 0 aliphatic rings. The molecule has 0 atom stereocenters. The topological polar surface area (TPSA) is 47.8 Å². The van der Waals surface area contributed by atoms with Crippen LogP contribution in [0.15, 0.2) is 24.1 Å². The lowest BCUT2D eigenvalue weighted by Gasteiger charge is -1.94. The summed E-state index contributed by atoms with van der Waals surface area (Å²) in [6, 6.07) is 0. The highest BCUT2D eigenvalue weighted by Crippen LogP contribution is 2.09. The first-order valence-corrected chi connectivity index (χ1v) is 4.60. The first-order chi connectivity index (χ1) is 6.27. The molecule has 0 saturated carbocycles. The summed E-state index contributed by atoms with van der Waals surface area (Å²) in [5.74, 6) is -0.137. The molecule has 2 aromatic rings. The normalized spacial score (nSPS) is 10.2. The molecule has 2 aromatic heterocycles. The van der Waals surface area contributed by atoms with E-state index in [2.05, 4.69) is 9.97 Å². The molecule has 0 aromatic carbocycles. The zero-order chi connectivity index (χ0) is 9.26. The van der Waals surface area contributed by atoms with Crippen molar-refractivity contribution in [3.8, 4) is 0 Å². The van der Waals surface area contributed by atoms with Gasteiger partial charge in [0.05, 0.1) is 5.01 Å². The lowest BCUT2D eigenvalue weighted by Crippen LogP contribution is -2.09. The first-order valence-electron chi connectivity index (χ1n) is 3.72. The van der Waals surface area contributed by atoms with Crippen molar-refractivity contribution in [2.45, 2.75) is 6.92 Å². The van der Waals surface area contributed by atoms with Crippen molar-refractivity contribution in [2.75, 3.05) is 0 Å². The molecule has 66 valence electrons. The maximum atomic E-state index is 11.6. The van der Waals surface area contributed by atoms with Crippen LogP contribution < -0.4 is 0 Å². The molecule has 0 unspecified atom stereocenters. The predicted octanol–water partition coefficient (Wildman–Crippen LogP) is 1.34. The standard InChI is InChI=1S/C8H7N3OS/c1-6-10-7(4-13-6)8(12)11-3-2-9-5-11/h2-5H,1H3. The summed E-state index contributed by atoms with van der Waals surface area (Å²) in [6.45, 7) is 1.87. The molecule has 13 heavy (non-hydrogen) atoms. The third-order valence-corrected chi connectivity index (χ3v) is 2.35. The van der Waals surface area contributed by atoms with Crippen LogP contribution in [0.2, 0.25) is 0 Å². The van der Waals surface area contributed by atoms with E-state index in [-0.39, 0.29) is 5.91 Å². The van der Waals surface area contributed by atoms with E-state index in [1.54, 1.807) is 17.8 Å². The maximum absolute atomic E-state index is 11.6. The number of aryl methyl sites for hydroxylation is 1.